The van der Waals surface area contributed by atoms with Gasteiger partial charge in [-0.3, -0.25) is 14.5 Å². The molecule has 0 radical (unpaired) electrons. The zero-order valence-corrected chi connectivity index (χ0v) is 12.1. The topological polar surface area (TPSA) is 49.4 Å². The van der Waals surface area contributed by atoms with Crippen LogP contribution in [0.3, 0.4) is 0 Å². The summed E-state index contributed by atoms with van der Waals surface area (Å²) >= 11 is 0. The molecule has 1 saturated heterocycles. The van der Waals surface area contributed by atoms with E-state index in [4.69, 9.17) is 0 Å². The van der Waals surface area contributed by atoms with Crippen LogP contribution in [0.25, 0.3) is 0 Å². The van der Waals surface area contributed by atoms with Crippen LogP contribution < -0.4 is 5.32 Å². The number of benzene rings is 1. The lowest BCUT2D eigenvalue weighted by molar-refractivity contribution is -0.148. The van der Waals surface area contributed by atoms with E-state index in [9.17, 15) is 9.59 Å². The normalized spacial score (nSPS) is 21.1. The number of imide groups is 1. The van der Waals surface area contributed by atoms with Crippen molar-refractivity contribution in [1.82, 2.24) is 10.2 Å². The average Bonchev–Trinajstić information content (AvgIpc) is 2.48. The zero-order chi connectivity index (χ0) is 14.5. The summed E-state index contributed by atoms with van der Waals surface area (Å²) < 4.78 is 0. The molecule has 108 valence electrons. The highest BCUT2D eigenvalue weighted by molar-refractivity contribution is 6.00. The molecular formula is C16H22N2O2. The second-order valence-electron chi connectivity index (χ2n) is 5.44. The fourth-order valence-electron chi connectivity index (χ4n) is 2.53. The van der Waals surface area contributed by atoms with Gasteiger partial charge in [0.25, 0.3) is 0 Å². The SMILES string of the molecule is CC(CCNC1CCC(=O)N(C)C1=O)c1ccccc1. The smallest absolute Gasteiger partial charge is 0.246 e. The Hall–Kier alpha value is -1.68. The standard InChI is InChI=1S/C16H22N2O2/c1-12(13-6-4-3-5-7-13)10-11-17-14-8-9-15(19)18(2)16(14)20/h3-7,12,14,17H,8-11H2,1-2H3. The molecule has 1 aromatic carbocycles. The minimum atomic E-state index is -0.208. The highest BCUT2D eigenvalue weighted by atomic mass is 16.2. The van der Waals surface area contributed by atoms with Gasteiger partial charge in [-0.05, 0) is 30.9 Å². The van der Waals surface area contributed by atoms with E-state index in [1.807, 2.05) is 18.2 Å². The van der Waals surface area contributed by atoms with Gasteiger partial charge in [-0.25, -0.2) is 0 Å². The van der Waals surface area contributed by atoms with E-state index in [0.29, 0.717) is 18.8 Å². The molecule has 2 amide bonds. The summed E-state index contributed by atoms with van der Waals surface area (Å²) in [5.41, 5.74) is 1.32. The van der Waals surface area contributed by atoms with Crippen molar-refractivity contribution in [3.8, 4) is 0 Å². The predicted molar refractivity (Wildman–Crippen MR) is 78.3 cm³/mol. The molecular weight excluding hydrogens is 252 g/mol. The van der Waals surface area contributed by atoms with Gasteiger partial charge in [-0.1, -0.05) is 37.3 Å². The van der Waals surface area contributed by atoms with E-state index in [2.05, 4.69) is 24.4 Å². The van der Waals surface area contributed by atoms with E-state index in [0.717, 1.165) is 13.0 Å². The maximum Gasteiger partial charge on any atom is 0.246 e. The minimum Gasteiger partial charge on any atom is -0.306 e. The largest absolute Gasteiger partial charge is 0.306 e. The molecule has 2 rings (SSSR count). The van der Waals surface area contributed by atoms with Crippen molar-refractivity contribution in [2.75, 3.05) is 13.6 Å². The van der Waals surface area contributed by atoms with Crippen molar-refractivity contribution < 1.29 is 9.59 Å². The van der Waals surface area contributed by atoms with E-state index < -0.39 is 0 Å². The number of likely N-dealkylation sites (N-methyl/N-ethyl adjacent to an activating group) is 1. The monoisotopic (exact) mass is 274 g/mol. The van der Waals surface area contributed by atoms with Crippen molar-refractivity contribution in [2.45, 2.75) is 38.1 Å². The lowest BCUT2D eigenvalue weighted by atomic mass is 9.97. The Morgan fingerprint density at radius 1 is 1.30 bits per heavy atom. The first kappa shape index (κ1) is 14.7. The average molecular weight is 274 g/mol. The molecule has 4 nitrogen and oxygen atoms in total. The lowest BCUT2D eigenvalue weighted by Gasteiger charge is -2.28. The predicted octanol–water partition coefficient (Wildman–Crippen LogP) is 1.92. The Kier molecular flexibility index (Phi) is 4.90. The number of nitrogens with one attached hydrogen (secondary N) is 1. The summed E-state index contributed by atoms with van der Waals surface area (Å²) in [6.07, 6.45) is 2.04. The zero-order valence-electron chi connectivity index (χ0n) is 12.1. The molecule has 4 heteroatoms. The number of carbonyl (C=O) groups excluding carboxylic acids is 2. The molecule has 2 atom stereocenters. The summed E-state index contributed by atoms with van der Waals surface area (Å²) in [7, 11) is 1.56. The van der Waals surface area contributed by atoms with Crippen LogP contribution in [0, 0.1) is 0 Å². The van der Waals surface area contributed by atoms with Gasteiger partial charge in [0.05, 0.1) is 6.04 Å². The summed E-state index contributed by atoms with van der Waals surface area (Å²) in [5, 5.41) is 3.28. The Bertz CT molecular complexity index is 473. The number of piperidine rings is 1. The van der Waals surface area contributed by atoms with Gasteiger partial charge in [-0.15, -0.1) is 0 Å². The lowest BCUT2D eigenvalue weighted by Crippen LogP contribution is -2.51. The first-order valence-corrected chi connectivity index (χ1v) is 7.18. The van der Waals surface area contributed by atoms with Gasteiger partial charge in [0.1, 0.15) is 0 Å². The molecule has 1 aliphatic heterocycles. The molecule has 1 N–H and O–H groups in total. The highest BCUT2D eigenvalue weighted by Gasteiger charge is 2.31. The molecule has 1 aliphatic rings. The molecule has 0 spiro atoms. The Morgan fingerprint density at radius 2 is 2.00 bits per heavy atom. The van der Waals surface area contributed by atoms with Crippen LogP contribution in [0.5, 0.6) is 0 Å². The van der Waals surface area contributed by atoms with Crippen molar-refractivity contribution >= 4 is 11.8 Å². The molecule has 1 aromatic rings. The van der Waals surface area contributed by atoms with E-state index >= 15 is 0 Å². The van der Waals surface area contributed by atoms with Crippen molar-refractivity contribution in [3.05, 3.63) is 35.9 Å². The first-order valence-electron chi connectivity index (χ1n) is 7.18. The van der Waals surface area contributed by atoms with Crippen LogP contribution in [-0.4, -0.2) is 36.3 Å². The van der Waals surface area contributed by atoms with Crippen LogP contribution in [0.2, 0.25) is 0 Å². The highest BCUT2D eigenvalue weighted by Crippen LogP contribution is 2.18. The fourth-order valence-corrected chi connectivity index (χ4v) is 2.53. The van der Waals surface area contributed by atoms with Crippen LogP contribution in [-0.2, 0) is 9.59 Å². The molecule has 1 fully saturated rings. The molecule has 0 saturated carbocycles. The summed E-state index contributed by atoms with van der Waals surface area (Å²) in [4.78, 5) is 24.6. The Balaban J connectivity index is 1.79. The van der Waals surface area contributed by atoms with Gasteiger partial charge in [0, 0.05) is 13.5 Å². The summed E-state index contributed by atoms with van der Waals surface area (Å²) in [6, 6.07) is 10.2. The Morgan fingerprint density at radius 3 is 2.70 bits per heavy atom. The molecule has 0 bridgehead atoms. The minimum absolute atomic E-state index is 0.0781. The number of hydrogen-bond donors (Lipinski definition) is 1. The third-order valence-electron chi connectivity index (χ3n) is 3.99. The molecule has 20 heavy (non-hydrogen) atoms. The van der Waals surface area contributed by atoms with Gasteiger partial charge in [0.15, 0.2) is 0 Å². The maximum absolute atomic E-state index is 11.9. The quantitative estimate of drug-likeness (QED) is 0.835. The van der Waals surface area contributed by atoms with Gasteiger partial charge < -0.3 is 5.32 Å². The van der Waals surface area contributed by atoms with Crippen molar-refractivity contribution in [3.63, 3.8) is 0 Å². The number of nitrogens with zero attached hydrogens (tertiary/aromatic N) is 1. The molecule has 0 aliphatic carbocycles. The maximum atomic E-state index is 11.9. The van der Waals surface area contributed by atoms with Crippen LogP contribution in [0.1, 0.15) is 37.7 Å². The van der Waals surface area contributed by atoms with Gasteiger partial charge in [0.2, 0.25) is 11.8 Å². The summed E-state index contributed by atoms with van der Waals surface area (Å²) in [5.74, 6) is 0.279. The number of rotatable bonds is 5. The van der Waals surface area contributed by atoms with Gasteiger partial charge >= 0.3 is 0 Å². The second kappa shape index (κ2) is 6.66. The second-order valence-corrected chi connectivity index (χ2v) is 5.44. The molecule has 2 unspecified atom stereocenters. The van der Waals surface area contributed by atoms with Crippen molar-refractivity contribution in [2.24, 2.45) is 0 Å². The van der Waals surface area contributed by atoms with Gasteiger partial charge in [-0.2, -0.15) is 0 Å². The third kappa shape index (κ3) is 3.45. The number of hydrogen-bond acceptors (Lipinski definition) is 3. The molecule has 1 heterocycles. The van der Waals surface area contributed by atoms with Crippen molar-refractivity contribution in [1.29, 1.82) is 0 Å². The van der Waals surface area contributed by atoms with E-state index in [-0.39, 0.29) is 17.9 Å². The van der Waals surface area contributed by atoms with E-state index in [1.54, 1.807) is 7.05 Å². The van der Waals surface area contributed by atoms with Crippen LogP contribution in [0.15, 0.2) is 30.3 Å². The van der Waals surface area contributed by atoms with Crippen LogP contribution >= 0.6 is 0 Å². The number of likely N-dealkylation sites (tertiary alicyclic amines) is 1. The number of carbonyl (C=O) groups is 2. The third-order valence-corrected chi connectivity index (χ3v) is 3.99. The Labute approximate surface area is 120 Å². The van der Waals surface area contributed by atoms with Crippen LogP contribution in [0.4, 0.5) is 0 Å². The fraction of sp³-hybridized carbons (Fsp3) is 0.500. The van der Waals surface area contributed by atoms with E-state index in [1.165, 1.54) is 10.5 Å². The number of amides is 2. The summed E-state index contributed by atoms with van der Waals surface area (Å²) in [6.45, 7) is 2.98. The first-order chi connectivity index (χ1) is 9.59. The molecule has 0 aromatic heterocycles.